The molecule has 1 aliphatic heterocycles. The number of rotatable bonds is 4. The molecule has 138 valence electrons. The monoisotopic (exact) mass is 398 g/mol. The van der Waals surface area contributed by atoms with Crippen molar-refractivity contribution in [1.29, 1.82) is 0 Å². The normalized spacial score (nSPS) is 16.5. The summed E-state index contributed by atoms with van der Waals surface area (Å²) in [5.41, 5.74) is 1.33. The number of carbonyl (C=O) groups is 1. The van der Waals surface area contributed by atoms with E-state index in [2.05, 4.69) is 0 Å². The zero-order valence-corrected chi connectivity index (χ0v) is 15.3. The summed E-state index contributed by atoms with van der Waals surface area (Å²) in [5, 5.41) is 5.22. The first-order chi connectivity index (χ1) is 12.2. The van der Waals surface area contributed by atoms with Gasteiger partial charge < -0.3 is 9.64 Å². The molecule has 9 heteroatoms. The molecule has 3 rings (SSSR count). The van der Waals surface area contributed by atoms with Crippen molar-refractivity contribution in [1.82, 2.24) is 0 Å². The highest BCUT2D eigenvalue weighted by Gasteiger charge is 2.32. The molecule has 0 unspecified atom stereocenters. The highest BCUT2D eigenvalue weighted by atomic mass is 35.5. The van der Waals surface area contributed by atoms with Crippen LogP contribution in [0.4, 0.5) is 10.1 Å². The summed E-state index contributed by atoms with van der Waals surface area (Å²) in [5.74, 6) is -0.612. The van der Waals surface area contributed by atoms with Gasteiger partial charge in [0.15, 0.2) is 6.61 Å². The van der Waals surface area contributed by atoms with Crippen molar-refractivity contribution >= 4 is 33.2 Å². The molecule has 1 atom stereocenters. The Balaban J connectivity index is 1.79. The van der Waals surface area contributed by atoms with Gasteiger partial charge in [0.1, 0.15) is 11.6 Å². The standard InChI is InChI=1S/C17H16ClFN2O4S/c1-10-6-11-7-13(26(20,23)24)3-4-15(11)21(10)17(22)9-25-16-5-2-12(19)8-14(16)18/h2-5,7-8,10H,6,9H2,1H3,(H2,20,23,24)/t10-/m0/s1. The lowest BCUT2D eigenvalue weighted by molar-refractivity contribution is -0.120. The molecule has 0 aromatic heterocycles. The van der Waals surface area contributed by atoms with Crippen LogP contribution in [0.1, 0.15) is 12.5 Å². The van der Waals surface area contributed by atoms with Gasteiger partial charge in [-0.2, -0.15) is 0 Å². The summed E-state index contributed by atoms with van der Waals surface area (Å²) in [6.45, 7) is 1.56. The molecule has 26 heavy (non-hydrogen) atoms. The van der Waals surface area contributed by atoms with Gasteiger partial charge in [0.2, 0.25) is 10.0 Å². The number of sulfonamides is 1. The van der Waals surface area contributed by atoms with E-state index in [-0.39, 0.29) is 34.2 Å². The molecule has 0 fully saturated rings. The molecule has 1 aliphatic rings. The van der Waals surface area contributed by atoms with Crippen molar-refractivity contribution in [3.8, 4) is 5.75 Å². The maximum absolute atomic E-state index is 13.1. The second kappa shape index (κ2) is 6.86. The molecule has 0 radical (unpaired) electrons. The molecule has 0 spiro atoms. The molecule has 2 N–H and O–H groups in total. The summed E-state index contributed by atoms with van der Waals surface area (Å²) in [6.07, 6.45) is 0.502. The SMILES string of the molecule is C[C@H]1Cc2cc(S(N)(=O)=O)ccc2N1C(=O)COc1ccc(F)cc1Cl. The van der Waals surface area contributed by atoms with Crippen LogP contribution >= 0.6 is 11.6 Å². The second-order valence-corrected chi connectivity index (χ2v) is 7.98. The van der Waals surface area contributed by atoms with E-state index >= 15 is 0 Å². The number of amides is 1. The number of ether oxygens (including phenoxy) is 1. The molecule has 1 amide bonds. The molecule has 1 heterocycles. The minimum absolute atomic E-state index is 0.00657. The van der Waals surface area contributed by atoms with Gasteiger partial charge in [-0.25, -0.2) is 17.9 Å². The maximum atomic E-state index is 13.1. The number of hydrogen-bond acceptors (Lipinski definition) is 4. The number of nitrogens with zero attached hydrogens (tertiary/aromatic N) is 1. The van der Waals surface area contributed by atoms with Gasteiger partial charge in [0, 0.05) is 11.7 Å². The summed E-state index contributed by atoms with van der Waals surface area (Å²) in [6, 6.07) is 7.88. The summed E-state index contributed by atoms with van der Waals surface area (Å²) < 4.78 is 41.4. The Morgan fingerprint density at radius 1 is 1.35 bits per heavy atom. The van der Waals surface area contributed by atoms with Gasteiger partial charge in [-0.05, 0) is 55.3 Å². The van der Waals surface area contributed by atoms with Crippen molar-refractivity contribution in [2.45, 2.75) is 24.3 Å². The van der Waals surface area contributed by atoms with E-state index in [0.717, 1.165) is 11.6 Å². The number of carbonyl (C=O) groups excluding carboxylic acids is 1. The van der Waals surface area contributed by atoms with Gasteiger partial charge in [-0.15, -0.1) is 0 Å². The molecule has 0 saturated carbocycles. The Labute approximate surface area is 155 Å². The average molecular weight is 399 g/mol. The fraction of sp³-hybridized carbons (Fsp3) is 0.235. The number of halogens is 2. The van der Waals surface area contributed by atoms with E-state index in [9.17, 15) is 17.6 Å². The third-order valence-corrected chi connectivity index (χ3v) is 5.32. The predicted molar refractivity (Wildman–Crippen MR) is 95.4 cm³/mol. The Morgan fingerprint density at radius 2 is 2.08 bits per heavy atom. The number of nitrogens with two attached hydrogens (primary N) is 1. The van der Waals surface area contributed by atoms with E-state index in [1.807, 2.05) is 6.92 Å². The van der Waals surface area contributed by atoms with Crippen molar-refractivity contribution in [2.75, 3.05) is 11.5 Å². The van der Waals surface area contributed by atoms with E-state index in [0.29, 0.717) is 12.1 Å². The maximum Gasteiger partial charge on any atom is 0.265 e. The summed E-state index contributed by atoms with van der Waals surface area (Å²) >= 11 is 5.88. The first kappa shape index (κ1) is 18.6. The summed E-state index contributed by atoms with van der Waals surface area (Å²) in [4.78, 5) is 14.1. The molecule has 0 aliphatic carbocycles. The number of primary sulfonamides is 1. The molecule has 6 nitrogen and oxygen atoms in total. The van der Waals surface area contributed by atoms with Crippen LogP contribution < -0.4 is 14.8 Å². The zero-order chi connectivity index (χ0) is 19.1. The van der Waals surface area contributed by atoms with Crippen molar-refractivity contribution in [2.24, 2.45) is 5.14 Å². The molecular formula is C17H16ClFN2O4S. The van der Waals surface area contributed by atoms with E-state index in [4.69, 9.17) is 21.5 Å². The molecule has 0 bridgehead atoms. The Kier molecular flexibility index (Phi) is 4.92. The van der Waals surface area contributed by atoms with Gasteiger partial charge >= 0.3 is 0 Å². The molecule has 0 saturated heterocycles. The number of fused-ring (bicyclic) bond motifs is 1. The quantitative estimate of drug-likeness (QED) is 0.856. The summed E-state index contributed by atoms with van der Waals surface area (Å²) in [7, 11) is -3.81. The van der Waals surface area contributed by atoms with Crippen molar-refractivity contribution in [3.05, 3.63) is 52.8 Å². The Morgan fingerprint density at radius 3 is 2.73 bits per heavy atom. The van der Waals surface area contributed by atoms with E-state index < -0.39 is 15.8 Å². The lowest BCUT2D eigenvalue weighted by Gasteiger charge is -2.23. The van der Waals surface area contributed by atoms with Crippen LogP contribution in [-0.4, -0.2) is 27.0 Å². The minimum Gasteiger partial charge on any atom is -0.482 e. The van der Waals surface area contributed by atoms with Gasteiger partial charge in [-0.1, -0.05) is 11.6 Å². The van der Waals surface area contributed by atoms with Gasteiger partial charge in [0.25, 0.3) is 5.91 Å². The van der Waals surface area contributed by atoms with Crippen molar-refractivity contribution in [3.63, 3.8) is 0 Å². The van der Waals surface area contributed by atoms with Crippen molar-refractivity contribution < 1.29 is 22.3 Å². The second-order valence-electron chi connectivity index (χ2n) is 6.02. The van der Waals surface area contributed by atoms with Crippen LogP contribution in [0.15, 0.2) is 41.3 Å². The van der Waals surface area contributed by atoms with Gasteiger partial charge in [0.05, 0.1) is 9.92 Å². The molecule has 2 aromatic carbocycles. The largest absolute Gasteiger partial charge is 0.482 e. The highest BCUT2D eigenvalue weighted by molar-refractivity contribution is 7.89. The smallest absolute Gasteiger partial charge is 0.265 e. The Bertz CT molecular complexity index is 981. The topological polar surface area (TPSA) is 89.7 Å². The van der Waals surface area contributed by atoms with Crippen LogP contribution in [0, 0.1) is 5.82 Å². The van der Waals surface area contributed by atoms with Crippen LogP contribution in [0.25, 0.3) is 0 Å². The fourth-order valence-electron chi connectivity index (χ4n) is 2.97. The zero-order valence-electron chi connectivity index (χ0n) is 13.8. The third-order valence-electron chi connectivity index (χ3n) is 4.11. The van der Waals surface area contributed by atoms with Crippen LogP contribution in [0.3, 0.4) is 0 Å². The van der Waals surface area contributed by atoms with E-state index in [1.165, 1.54) is 24.3 Å². The number of hydrogen-bond donors (Lipinski definition) is 1. The Hall–Kier alpha value is -2.16. The number of anilines is 1. The van der Waals surface area contributed by atoms with Crippen LogP contribution in [0.5, 0.6) is 5.75 Å². The lowest BCUT2D eigenvalue weighted by atomic mass is 10.1. The van der Waals surface area contributed by atoms with Crippen LogP contribution in [0.2, 0.25) is 5.02 Å². The first-order valence-electron chi connectivity index (χ1n) is 7.72. The lowest BCUT2D eigenvalue weighted by Crippen LogP contribution is -2.39. The first-order valence-corrected chi connectivity index (χ1v) is 9.65. The average Bonchev–Trinajstić information content (AvgIpc) is 2.88. The van der Waals surface area contributed by atoms with Gasteiger partial charge in [-0.3, -0.25) is 4.79 Å². The van der Waals surface area contributed by atoms with Crippen LogP contribution in [-0.2, 0) is 21.2 Å². The fourth-order valence-corrected chi connectivity index (χ4v) is 3.75. The third kappa shape index (κ3) is 3.67. The molecule has 2 aromatic rings. The predicted octanol–water partition coefficient (Wildman–Crippen LogP) is 2.48. The number of benzene rings is 2. The molecular weight excluding hydrogens is 383 g/mol. The van der Waals surface area contributed by atoms with E-state index in [1.54, 1.807) is 11.0 Å². The minimum atomic E-state index is -3.81. The highest BCUT2D eigenvalue weighted by Crippen LogP contribution is 2.34.